The largest absolute Gasteiger partial charge is 0.309 e. The van der Waals surface area contributed by atoms with Gasteiger partial charge in [-0.3, -0.25) is 0 Å². The Bertz CT molecular complexity index is 8500. The van der Waals surface area contributed by atoms with Crippen LogP contribution in [0, 0.1) is 0 Å². The van der Waals surface area contributed by atoms with Gasteiger partial charge in [0.1, 0.15) is 0 Å². The fourth-order valence-corrected chi connectivity index (χ4v) is 22.2. The summed E-state index contributed by atoms with van der Waals surface area (Å²) in [6.07, 6.45) is 0. The Hall–Kier alpha value is -16.4. The van der Waals surface area contributed by atoms with Crippen LogP contribution in [0.3, 0.4) is 0 Å². The highest BCUT2D eigenvalue weighted by molar-refractivity contribution is 6.16. The van der Waals surface area contributed by atoms with Crippen LogP contribution < -0.4 is 0 Å². The molecule has 24 aromatic rings. The van der Waals surface area contributed by atoms with Crippen molar-refractivity contribution in [1.29, 1.82) is 0 Å². The van der Waals surface area contributed by atoms with Crippen LogP contribution in [-0.4, -0.2) is 18.3 Å². The quantitative estimate of drug-likeness (QED) is 0.110. The first-order chi connectivity index (χ1) is 62.5. The molecule has 4 heterocycles. The summed E-state index contributed by atoms with van der Waals surface area (Å²) in [5.41, 5.74) is 39.4. The number of hydrogen-bond acceptors (Lipinski definition) is 0. The van der Waals surface area contributed by atoms with Crippen molar-refractivity contribution in [3.05, 3.63) is 518 Å². The normalized spacial score (nSPS) is 13.8. The van der Waals surface area contributed by atoms with E-state index in [2.05, 4.69) is 491 Å². The summed E-state index contributed by atoms with van der Waals surface area (Å²) in [5, 5.41) is 9.74. The second-order valence-corrected chi connectivity index (χ2v) is 34.1. The molecule has 4 heteroatoms. The molecule has 0 amide bonds. The van der Waals surface area contributed by atoms with Crippen LogP contribution in [0.15, 0.2) is 473 Å². The Labute approximate surface area is 729 Å². The zero-order valence-corrected chi connectivity index (χ0v) is 68.8. The fourth-order valence-electron chi connectivity index (χ4n) is 22.2. The lowest BCUT2D eigenvalue weighted by atomic mass is 9.67. The summed E-state index contributed by atoms with van der Waals surface area (Å²) in [5.74, 6) is 0. The highest BCUT2D eigenvalue weighted by Gasteiger charge is 2.48. The molecule has 0 N–H and O–H groups in total. The Morgan fingerprint density at radius 1 is 0.127 bits per heavy atom. The van der Waals surface area contributed by atoms with E-state index in [1.165, 1.54) is 149 Å². The van der Waals surface area contributed by atoms with Gasteiger partial charge in [0.2, 0.25) is 0 Å². The highest BCUT2D eigenvalue weighted by atomic mass is 15.0. The minimum absolute atomic E-state index is 0.482. The van der Waals surface area contributed by atoms with Gasteiger partial charge in [0.25, 0.3) is 0 Å². The van der Waals surface area contributed by atoms with Gasteiger partial charge in [-0.25, -0.2) is 0 Å². The summed E-state index contributed by atoms with van der Waals surface area (Å²) in [6, 6.07) is 178. The van der Waals surface area contributed by atoms with E-state index in [4.69, 9.17) is 0 Å². The van der Waals surface area contributed by atoms with Crippen LogP contribution in [0.4, 0.5) is 0 Å². The monoisotopic (exact) mass is 1600 g/mol. The highest BCUT2D eigenvalue weighted by Crippen LogP contribution is 2.59. The van der Waals surface area contributed by atoms with Crippen LogP contribution >= 0.6 is 0 Å². The number of fused-ring (bicyclic) bond motifs is 18. The molecule has 4 nitrogen and oxygen atoms in total. The molecule has 0 bridgehead atoms. The van der Waals surface area contributed by atoms with E-state index < -0.39 is 10.8 Å². The number of rotatable bonds is 13. The molecule has 1 atom stereocenters. The van der Waals surface area contributed by atoms with Gasteiger partial charge in [-0.2, -0.15) is 0 Å². The third kappa shape index (κ3) is 10.6. The standard InChI is InChI=1S/C122H78N4/c1-6-28-79(29-7-1)81-53-67-117-107(74-81)108-76-83(85-50-64-103-100-41-19-25-47-113(100)125(119(103)77-85)93-36-14-5-15-37-93)55-69-118(108)124(117)95-62-58-92(59-63-95)122(90-34-12-4-13-35-90)111-46-24-18-40-99(111)105-73-84(52-66-112(105)122)88-70-87(80-30-8-2-9-31-80)71-96(72-88)126-114-48-26-20-42-101(114)104-65-51-86(78-120(104)126)82-54-68-116-106(75-82)102-43-21-27-49-115(102)123(116)94-60-56-91(57-61-94)121(89-32-10-3-11-33-89)109-44-22-16-38-97(109)98-39-17-23-45-110(98)121/h1-78H. The maximum atomic E-state index is 2.52. The SMILES string of the molecule is c1ccc(-c2cc(-c3ccc4c(c3)-c3ccccc3C4(c3ccccc3)c3ccc(-n4c5ccc(-c6ccccc6)cc5c5cc(-c6ccc7c8ccccc8n(-c8ccccc8)c7c6)ccc54)cc3)cc(-n3c4ccccc4c4ccc(-c5ccc6c(c5)c5ccccc5n6-c5ccc(C6(c7ccccc7)c7ccccc7-c7ccccc76)cc5)cc43)c2)cc1. The van der Waals surface area contributed by atoms with Crippen molar-refractivity contribution < 1.29 is 0 Å². The smallest absolute Gasteiger partial charge is 0.0713 e. The van der Waals surface area contributed by atoms with Crippen molar-refractivity contribution in [2.24, 2.45) is 0 Å². The molecule has 26 rings (SSSR count). The van der Waals surface area contributed by atoms with E-state index in [1.807, 2.05) is 0 Å². The number of hydrogen-bond donors (Lipinski definition) is 0. The average molecular weight is 1600 g/mol. The molecule has 0 fully saturated rings. The van der Waals surface area contributed by atoms with Crippen molar-refractivity contribution in [1.82, 2.24) is 18.3 Å². The maximum absolute atomic E-state index is 2.52. The second kappa shape index (κ2) is 28.1. The van der Waals surface area contributed by atoms with E-state index >= 15 is 0 Å². The van der Waals surface area contributed by atoms with Crippen molar-refractivity contribution in [3.8, 4) is 101 Å². The molecule has 2 aliphatic rings. The van der Waals surface area contributed by atoms with Crippen LogP contribution in [0.5, 0.6) is 0 Å². The Kier molecular flexibility index (Phi) is 15.9. The molecule has 126 heavy (non-hydrogen) atoms. The van der Waals surface area contributed by atoms with Gasteiger partial charge in [-0.05, 0) is 250 Å². The van der Waals surface area contributed by atoms with E-state index in [0.29, 0.717) is 0 Å². The maximum Gasteiger partial charge on any atom is 0.0713 e. The Balaban J connectivity index is 0.585. The molecule has 20 aromatic carbocycles. The molecular formula is C122H78N4. The summed E-state index contributed by atoms with van der Waals surface area (Å²) < 4.78 is 9.87. The molecule has 0 saturated heterocycles. The summed E-state index contributed by atoms with van der Waals surface area (Å²) in [7, 11) is 0. The van der Waals surface area contributed by atoms with Crippen molar-refractivity contribution in [2.45, 2.75) is 10.8 Å². The number of benzene rings is 20. The Morgan fingerprint density at radius 3 is 0.865 bits per heavy atom. The van der Waals surface area contributed by atoms with E-state index in [9.17, 15) is 0 Å². The summed E-state index contributed by atoms with van der Waals surface area (Å²) >= 11 is 0. The van der Waals surface area contributed by atoms with Crippen molar-refractivity contribution in [2.75, 3.05) is 0 Å². The Morgan fingerprint density at radius 2 is 0.405 bits per heavy atom. The molecule has 2 aliphatic carbocycles. The lowest BCUT2D eigenvalue weighted by Crippen LogP contribution is -2.28. The molecule has 4 aromatic heterocycles. The van der Waals surface area contributed by atoms with Crippen LogP contribution in [-0.2, 0) is 10.8 Å². The minimum Gasteiger partial charge on any atom is -0.309 e. The molecule has 0 aliphatic heterocycles. The van der Waals surface area contributed by atoms with Crippen molar-refractivity contribution in [3.63, 3.8) is 0 Å². The number of nitrogens with zero attached hydrogens (tertiary/aromatic N) is 4. The molecule has 0 radical (unpaired) electrons. The van der Waals surface area contributed by atoms with Gasteiger partial charge in [0.05, 0.1) is 55.0 Å². The van der Waals surface area contributed by atoms with Crippen molar-refractivity contribution >= 4 is 87.2 Å². The second-order valence-electron chi connectivity index (χ2n) is 34.1. The molecule has 0 spiro atoms. The number of aromatic nitrogens is 4. The van der Waals surface area contributed by atoms with Gasteiger partial charge < -0.3 is 18.3 Å². The van der Waals surface area contributed by atoms with Crippen LogP contribution in [0.1, 0.15) is 44.5 Å². The van der Waals surface area contributed by atoms with E-state index in [-0.39, 0.29) is 0 Å². The number of para-hydroxylation sites is 4. The molecule has 586 valence electrons. The third-order valence-corrected chi connectivity index (χ3v) is 27.7. The van der Waals surface area contributed by atoms with Gasteiger partial charge in [0, 0.05) is 65.8 Å². The van der Waals surface area contributed by atoms with E-state index in [1.54, 1.807) is 0 Å². The minimum atomic E-state index is -0.659. The predicted molar refractivity (Wildman–Crippen MR) is 526 cm³/mol. The molecule has 0 saturated carbocycles. The van der Waals surface area contributed by atoms with Gasteiger partial charge in [-0.15, -0.1) is 0 Å². The lowest BCUT2D eigenvalue weighted by Gasteiger charge is -2.34. The van der Waals surface area contributed by atoms with Crippen LogP contribution in [0.25, 0.3) is 188 Å². The van der Waals surface area contributed by atoms with Gasteiger partial charge in [-0.1, -0.05) is 346 Å². The molecular weight excluding hydrogens is 1520 g/mol. The zero-order chi connectivity index (χ0) is 82.7. The fraction of sp³-hybridized carbons (Fsp3) is 0.0164. The third-order valence-electron chi connectivity index (χ3n) is 27.7. The topological polar surface area (TPSA) is 19.7 Å². The predicted octanol–water partition coefficient (Wildman–Crippen LogP) is 31.1. The summed E-state index contributed by atoms with van der Waals surface area (Å²) in [6.45, 7) is 0. The first-order valence-corrected chi connectivity index (χ1v) is 43.8. The zero-order valence-electron chi connectivity index (χ0n) is 68.8. The summed E-state index contributed by atoms with van der Waals surface area (Å²) in [4.78, 5) is 0. The lowest BCUT2D eigenvalue weighted by molar-refractivity contribution is 0.768. The van der Waals surface area contributed by atoms with Gasteiger partial charge in [0.15, 0.2) is 0 Å². The first-order valence-electron chi connectivity index (χ1n) is 43.8. The van der Waals surface area contributed by atoms with Crippen LogP contribution in [0.2, 0.25) is 0 Å². The molecule has 1 unspecified atom stereocenters. The average Bonchev–Trinajstić information content (AvgIpc) is 1.53. The van der Waals surface area contributed by atoms with Gasteiger partial charge >= 0.3 is 0 Å². The first kappa shape index (κ1) is 71.3. The van der Waals surface area contributed by atoms with E-state index in [0.717, 1.165) is 83.7 Å².